The summed E-state index contributed by atoms with van der Waals surface area (Å²) in [6.45, 7) is 0. The number of hydrogen-bond acceptors (Lipinski definition) is 3. The molecule has 3 aromatic rings. The van der Waals surface area contributed by atoms with Crippen LogP contribution in [0.4, 0.5) is 10.1 Å². The molecule has 0 spiro atoms. The van der Waals surface area contributed by atoms with Crippen LogP contribution in [0.1, 0.15) is 0 Å². The molecule has 0 saturated heterocycles. The second-order valence-electron chi connectivity index (χ2n) is 4.56. The molecule has 0 radical (unpaired) electrons. The SMILES string of the molecule is O=S(=O)(Nc1cccc(Br)c1)c1ccc(F)c2ncccc12. The Bertz CT molecular complexity index is 961. The number of hydrogen-bond donors (Lipinski definition) is 1. The van der Waals surface area contributed by atoms with Crippen molar-refractivity contribution in [1.29, 1.82) is 0 Å². The van der Waals surface area contributed by atoms with Crippen LogP contribution < -0.4 is 4.72 Å². The summed E-state index contributed by atoms with van der Waals surface area (Å²) < 4.78 is 42.1. The molecule has 0 bridgehead atoms. The summed E-state index contributed by atoms with van der Waals surface area (Å²) >= 11 is 3.28. The van der Waals surface area contributed by atoms with Crippen LogP contribution >= 0.6 is 15.9 Å². The lowest BCUT2D eigenvalue weighted by atomic mass is 10.2. The fourth-order valence-electron chi connectivity index (χ4n) is 2.11. The summed E-state index contributed by atoms with van der Waals surface area (Å²) in [5.41, 5.74) is 0.440. The standard InChI is InChI=1S/C15H10BrFN2O2S/c16-10-3-1-4-11(9-10)19-22(20,21)14-7-6-13(17)15-12(14)5-2-8-18-15/h1-9,19H. The van der Waals surface area contributed by atoms with Gasteiger partial charge in [0.2, 0.25) is 0 Å². The van der Waals surface area contributed by atoms with Crippen LogP contribution in [0.2, 0.25) is 0 Å². The van der Waals surface area contributed by atoms with Crippen molar-refractivity contribution in [2.45, 2.75) is 4.90 Å². The highest BCUT2D eigenvalue weighted by molar-refractivity contribution is 9.10. The van der Waals surface area contributed by atoms with E-state index in [2.05, 4.69) is 25.6 Å². The van der Waals surface area contributed by atoms with Gasteiger partial charge in [0.25, 0.3) is 10.0 Å². The van der Waals surface area contributed by atoms with Gasteiger partial charge < -0.3 is 0 Å². The van der Waals surface area contributed by atoms with Crippen molar-refractivity contribution in [1.82, 2.24) is 4.98 Å². The minimum atomic E-state index is -3.85. The number of sulfonamides is 1. The number of pyridine rings is 1. The Hall–Kier alpha value is -1.99. The molecular weight excluding hydrogens is 371 g/mol. The second-order valence-corrected chi connectivity index (χ2v) is 7.13. The zero-order valence-corrected chi connectivity index (χ0v) is 13.5. The van der Waals surface area contributed by atoms with E-state index in [1.165, 1.54) is 18.3 Å². The summed E-state index contributed by atoms with van der Waals surface area (Å²) in [5, 5.41) is 0.241. The number of benzene rings is 2. The van der Waals surface area contributed by atoms with Crippen LogP contribution in [0.5, 0.6) is 0 Å². The van der Waals surface area contributed by atoms with Gasteiger partial charge in [0.05, 0.1) is 4.90 Å². The molecule has 2 aromatic carbocycles. The molecule has 4 nitrogen and oxygen atoms in total. The first-order valence-electron chi connectivity index (χ1n) is 6.29. The first kappa shape index (κ1) is 14.9. The molecule has 0 fully saturated rings. The fourth-order valence-corrected chi connectivity index (χ4v) is 3.76. The number of halogens is 2. The van der Waals surface area contributed by atoms with E-state index in [4.69, 9.17) is 0 Å². The molecule has 1 aromatic heterocycles. The second kappa shape index (κ2) is 5.66. The minimum Gasteiger partial charge on any atom is -0.280 e. The number of aromatic nitrogens is 1. The van der Waals surface area contributed by atoms with Crippen LogP contribution in [0.25, 0.3) is 10.9 Å². The predicted molar refractivity (Wildman–Crippen MR) is 86.7 cm³/mol. The highest BCUT2D eigenvalue weighted by Crippen LogP contribution is 2.26. The van der Waals surface area contributed by atoms with Gasteiger partial charge in [-0.1, -0.05) is 22.0 Å². The van der Waals surface area contributed by atoms with Crippen molar-refractivity contribution < 1.29 is 12.8 Å². The lowest BCUT2D eigenvalue weighted by Crippen LogP contribution is -2.13. The molecule has 0 aliphatic carbocycles. The molecule has 0 aliphatic rings. The van der Waals surface area contributed by atoms with E-state index in [-0.39, 0.29) is 15.8 Å². The molecule has 22 heavy (non-hydrogen) atoms. The van der Waals surface area contributed by atoms with E-state index < -0.39 is 15.8 Å². The van der Waals surface area contributed by atoms with E-state index in [1.807, 2.05) is 0 Å². The number of anilines is 1. The molecule has 0 atom stereocenters. The Morgan fingerprint density at radius 1 is 1.09 bits per heavy atom. The first-order chi connectivity index (χ1) is 10.5. The van der Waals surface area contributed by atoms with Gasteiger partial charge >= 0.3 is 0 Å². The Balaban J connectivity index is 2.12. The van der Waals surface area contributed by atoms with E-state index in [9.17, 15) is 12.8 Å². The summed E-state index contributed by atoms with van der Waals surface area (Å²) in [5.74, 6) is -0.558. The van der Waals surface area contributed by atoms with Crippen molar-refractivity contribution in [3.63, 3.8) is 0 Å². The van der Waals surface area contributed by atoms with Crippen molar-refractivity contribution in [2.75, 3.05) is 4.72 Å². The summed E-state index contributed by atoms with van der Waals surface area (Å²) in [6, 6.07) is 12.2. The molecule has 0 saturated carbocycles. The van der Waals surface area contributed by atoms with E-state index >= 15 is 0 Å². The molecular formula is C15H10BrFN2O2S. The lowest BCUT2D eigenvalue weighted by molar-refractivity contribution is 0.601. The molecule has 0 unspecified atom stereocenters. The van der Waals surface area contributed by atoms with Crippen molar-refractivity contribution in [3.05, 3.63) is 65.0 Å². The molecule has 112 valence electrons. The minimum absolute atomic E-state index is 0.0167. The van der Waals surface area contributed by atoms with Gasteiger partial charge in [-0.15, -0.1) is 0 Å². The van der Waals surface area contributed by atoms with Gasteiger partial charge in [0, 0.05) is 21.7 Å². The number of fused-ring (bicyclic) bond motifs is 1. The first-order valence-corrected chi connectivity index (χ1v) is 8.56. The lowest BCUT2D eigenvalue weighted by Gasteiger charge is -2.11. The van der Waals surface area contributed by atoms with Gasteiger partial charge in [-0.05, 0) is 42.5 Å². The molecule has 1 heterocycles. The Morgan fingerprint density at radius 2 is 1.91 bits per heavy atom. The van der Waals surface area contributed by atoms with Gasteiger partial charge in [-0.2, -0.15) is 0 Å². The predicted octanol–water partition coefficient (Wildman–Crippen LogP) is 3.94. The highest BCUT2D eigenvalue weighted by Gasteiger charge is 2.19. The largest absolute Gasteiger partial charge is 0.280 e. The molecule has 7 heteroatoms. The highest BCUT2D eigenvalue weighted by atomic mass is 79.9. The van der Waals surface area contributed by atoms with Crippen LogP contribution in [0, 0.1) is 5.82 Å². The normalized spacial score (nSPS) is 11.5. The topological polar surface area (TPSA) is 59.1 Å². The Morgan fingerprint density at radius 3 is 2.68 bits per heavy atom. The zero-order valence-electron chi connectivity index (χ0n) is 11.1. The monoisotopic (exact) mass is 380 g/mol. The van der Waals surface area contributed by atoms with Gasteiger partial charge in [-0.25, -0.2) is 12.8 Å². The van der Waals surface area contributed by atoms with E-state index in [1.54, 1.807) is 30.3 Å². The Labute approximate surface area is 135 Å². The van der Waals surface area contributed by atoms with Crippen molar-refractivity contribution in [2.24, 2.45) is 0 Å². The number of nitrogens with one attached hydrogen (secondary N) is 1. The molecule has 0 amide bonds. The van der Waals surface area contributed by atoms with Crippen LogP contribution in [-0.2, 0) is 10.0 Å². The molecule has 1 N–H and O–H groups in total. The third-order valence-corrected chi connectivity index (χ3v) is 4.98. The van der Waals surface area contributed by atoms with Crippen LogP contribution in [0.3, 0.4) is 0 Å². The average molecular weight is 381 g/mol. The molecule has 3 rings (SSSR count). The third-order valence-electron chi connectivity index (χ3n) is 3.05. The summed E-state index contributed by atoms with van der Waals surface area (Å²) in [4.78, 5) is 3.88. The summed E-state index contributed by atoms with van der Waals surface area (Å²) in [6.07, 6.45) is 1.42. The van der Waals surface area contributed by atoms with Gasteiger partial charge in [0.1, 0.15) is 11.3 Å². The number of nitrogens with zero attached hydrogens (tertiary/aromatic N) is 1. The maximum atomic E-state index is 13.8. The van der Waals surface area contributed by atoms with E-state index in [0.29, 0.717) is 5.69 Å². The quantitative estimate of drug-likeness (QED) is 0.748. The smallest absolute Gasteiger partial charge is 0.262 e. The maximum Gasteiger partial charge on any atom is 0.262 e. The average Bonchev–Trinajstić information content (AvgIpc) is 2.47. The van der Waals surface area contributed by atoms with E-state index in [0.717, 1.165) is 10.5 Å². The van der Waals surface area contributed by atoms with Crippen LogP contribution in [0.15, 0.2) is 64.1 Å². The van der Waals surface area contributed by atoms with Crippen molar-refractivity contribution in [3.8, 4) is 0 Å². The summed E-state index contributed by atoms with van der Waals surface area (Å²) in [7, 11) is -3.85. The Kier molecular flexibility index (Phi) is 3.84. The van der Waals surface area contributed by atoms with Crippen molar-refractivity contribution >= 4 is 42.5 Å². The van der Waals surface area contributed by atoms with Gasteiger partial charge in [0.15, 0.2) is 0 Å². The molecule has 0 aliphatic heterocycles. The zero-order chi connectivity index (χ0) is 15.7. The van der Waals surface area contributed by atoms with Gasteiger partial charge in [-0.3, -0.25) is 9.71 Å². The maximum absolute atomic E-state index is 13.8. The third kappa shape index (κ3) is 2.82. The fraction of sp³-hybridized carbons (Fsp3) is 0. The van der Waals surface area contributed by atoms with Crippen LogP contribution in [-0.4, -0.2) is 13.4 Å². The number of rotatable bonds is 3.